The van der Waals surface area contributed by atoms with Crippen LogP contribution in [0.1, 0.15) is 45.0 Å². The lowest BCUT2D eigenvalue weighted by Crippen LogP contribution is -2.48. The van der Waals surface area contributed by atoms with E-state index in [1.54, 1.807) is 19.1 Å². The number of carbonyl (C=O) groups is 1. The third kappa shape index (κ3) is 3.55. The molecular formula is C17H21FN4O2. The number of hydrogen-bond donors (Lipinski definition) is 1. The van der Waals surface area contributed by atoms with E-state index in [1.807, 2.05) is 4.90 Å². The fraction of sp³-hybridized carbons (Fsp3) is 0.471. The molecule has 1 saturated heterocycles. The molecule has 0 unspecified atom stereocenters. The highest BCUT2D eigenvalue weighted by atomic mass is 19.1. The SMILES string of the molecule is C[C@H](NC(=O)N1CCCC[C@H]1C)c1nc(-c2ccc(F)cc2)no1. The van der Waals surface area contributed by atoms with Crippen LogP contribution in [-0.4, -0.2) is 33.7 Å². The Morgan fingerprint density at radius 3 is 2.83 bits per heavy atom. The van der Waals surface area contributed by atoms with Crippen LogP contribution in [0.5, 0.6) is 0 Å². The van der Waals surface area contributed by atoms with Gasteiger partial charge in [0.15, 0.2) is 0 Å². The number of hydrogen-bond acceptors (Lipinski definition) is 4. The molecule has 1 aromatic carbocycles. The molecule has 0 spiro atoms. The van der Waals surface area contributed by atoms with Crippen LogP contribution in [0.2, 0.25) is 0 Å². The van der Waals surface area contributed by atoms with Crippen molar-refractivity contribution in [1.82, 2.24) is 20.4 Å². The monoisotopic (exact) mass is 332 g/mol. The number of rotatable bonds is 3. The Labute approximate surface area is 140 Å². The van der Waals surface area contributed by atoms with E-state index in [9.17, 15) is 9.18 Å². The summed E-state index contributed by atoms with van der Waals surface area (Å²) in [6, 6.07) is 5.58. The van der Waals surface area contributed by atoms with Gasteiger partial charge in [0.25, 0.3) is 0 Å². The summed E-state index contributed by atoms with van der Waals surface area (Å²) in [5.41, 5.74) is 0.662. The molecule has 6 nitrogen and oxygen atoms in total. The second kappa shape index (κ2) is 6.98. The van der Waals surface area contributed by atoms with Gasteiger partial charge >= 0.3 is 6.03 Å². The van der Waals surface area contributed by atoms with Crippen LogP contribution in [0.4, 0.5) is 9.18 Å². The van der Waals surface area contributed by atoms with Gasteiger partial charge in [0, 0.05) is 18.2 Å². The highest BCUT2D eigenvalue weighted by Crippen LogP contribution is 2.20. The summed E-state index contributed by atoms with van der Waals surface area (Å²) in [7, 11) is 0. The van der Waals surface area contributed by atoms with Crippen LogP contribution in [-0.2, 0) is 0 Å². The van der Waals surface area contributed by atoms with Gasteiger partial charge in [0.2, 0.25) is 11.7 Å². The molecule has 1 fully saturated rings. The van der Waals surface area contributed by atoms with Crippen molar-refractivity contribution >= 4 is 6.03 Å². The van der Waals surface area contributed by atoms with E-state index >= 15 is 0 Å². The first kappa shape index (κ1) is 16.4. The van der Waals surface area contributed by atoms with Crippen LogP contribution in [0.25, 0.3) is 11.4 Å². The number of amides is 2. The number of urea groups is 1. The zero-order valence-electron chi connectivity index (χ0n) is 13.8. The molecule has 0 saturated carbocycles. The van der Waals surface area contributed by atoms with E-state index in [2.05, 4.69) is 22.4 Å². The first-order chi connectivity index (χ1) is 11.5. The van der Waals surface area contributed by atoms with Gasteiger partial charge in [-0.1, -0.05) is 5.16 Å². The minimum Gasteiger partial charge on any atom is -0.337 e. The van der Waals surface area contributed by atoms with Gasteiger partial charge in [0.1, 0.15) is 11.9 Å². The number of nitrogens with one attached hydrogen (secondary N) is 1. The van der Waals surface area contributed by atoms with Gasteiger partial charge in [-0.05, 0) is 57.4 Å². The summed E-state index contributed by atoms with van der Waals surface area (Å²) in [5, 5.41) is 6.80. The summed E-state index contributed by atoms with van der Waals surface area (Å²) in [4.78, 5) is 18.5. The molecule has 1 aliphatic heterocycles. The topological polar surface area (TPSA) is 71.3 Å². The number of aromatic nitrogens is 2. The molecule has 0 radical (unpaired) electrons. The van der Waals surface area contributed by atoms with Gasteiger partial charge in [-0.25, -0.2) is 9.18 Å². The van der Waals surface area contributed by atoms with Crippen LogP contribution < -0.4 is 5.32 Å². The third-order valence-electron chi connectivity index (χ3n) is 4.32. The van der Waals surface area contributed by atoms with Gasteiger partial charge in [-0.3, -0.25) is 0 Å². The molecule has 2 amide bonds. The molecular weight excluding hydrogens is 311 g/mol. The smallest absolute Gasteiger partial charge is 0.318 e. The van der Waals surface area contributed by atoms with E-state index in [4.69, 9.17) is 4.52 Å². The van der Waals surface area contributed by atoms with Crippen molar-refractivity contribution < 1.29 is 13.7 Å². The first-order valence-electron chi connectivity index (χ1n) is 8.21. The largest absolute Gasteiger partial charge is 0.337 e. The highest BCUT2D eigenvalue weighted by Gasteiger charge is 2.25. The second-order valence-electron chi connectivity index (χ2n) is 6.17. The second-order valence-corrected chi connectivity index (χ2v) is 6.17. The van der Waals surface area contributed by atoms with E-state index in [0.29, 0.717) is 17.3 Å². The maximum Gasteiger partial charge on any atom is 0.318 e. The van der Waals surface area contributed by atoms with Crippen molar-refractivity contribution in [3.05, 3.63) is 36.0 Å². The van der Waals surface area contributed by atoms with Crippen molar-refractivity contribution in [1.29, 1.82) is 0 Å². The Balaban J connectivity index is 1.66. The molecule has 24 heavy (non-hydrogen) atoms. The summed E-state index contributed by atoms with van der Waals surface area (Å²) in [5.74, 6) is 0.378. The number of likely N-dealkylation sites (tertiary alicyclic amines) is 1. The number of piperidine rings is 1. The van der Waals surface area contributed by atoms with Crippen LogP contribution in [0.15, 0.2) is 28.8 Å². The summed E-state index contributed by atoms with van der Waals surface area (Å²) in [6.07, 6.45) is 3.21. The van der Waals surface area contributed by atoms with E-state index in [1.165, 1.54) is 12.1 Å². The molecule has 3 rings (SSSR count). The van der Waals surface area contributed by atoms with Crippen LogP contribution in [0, 0.1) is 5.82 Å². The fourth-order valence-corrected chi connectivity index (χ4v) is 2.86. The molecule has 2 aromatic rings. The Bertz CT molecular complexity index is 701. The maximum absolute atomic E-state index is 13.0. The lowest BCUT2D eigenvalue weighted by Gasteiger charge is -2.33. The Hall–Kier alpha value is -2.44. The normalized spacial score (nSPS) is 19.1. The van der Waals surface area contributed by atoms with Crippen LogP contribution in [0.3, 0.4) is 0 Å². The van der Waals surface area contributed by atoms with Crippen LogP contribution >= 0.6 is 0 Å². The number of carbonyl (C=O) groups excluding carboxylic acids is 1. The van der Waals surface area contributed by atoms with Crippen molar-refractivity contribution in [2.24, 2.45) is 0 Å². The number of benzene rings is 1. The van der Waals surface area contributed by atoms with E-state index < -0.39 is 6.04 Å². The minimum atomic E-state index is -0.395. The van der Waals surface area contributed by atoms with Gasteiger partial charge < -0.3 is 14.7 Å². The van der Waals surface area contributed by atoms with Gasteiger partial charge in [-0.2, -0.15) is 4.98 Å². The average molecular weight is 332 g/mol. The number of halogens is 1. The maximum atomic E-state index is 13.0. The molecule has 0 aliphatic carbocycles. The Morgan fingerprint density at radius 2 is 2.12 bits per heavy atom. The standard InChI is InChI=1S/C17H21FN4O2/c1-11-5-3-4-10-22(11)17(23)19-12(2)16-20-15(21-24-16)13-6-8-14(18)9-7-13/h6-9,11-12H,3-5,10H2,1-2H3,(H,19,23)/t11-,12+/m1/s1. The molecule has 1 aliphatic rings. The fourth-order valence-electron chi connectivity index (χ4n) is 2.86. The molecule has 2 atom stereocenters. The van der Waals surface area contributed by atoms with E-state index in [0.717, 1.165) is 25.8 Å². The third-order valence-corrected chi connectivity index (χ3v) is 4.32. The molecule has 0 bridgehead atoms. The lowest BCUT2D eigenvalue weighted by atomic mass is 10.0. The quantitative estimate of drug-likeness (QED) is 0.933. The minimum absolute atomic E-state index is 0.115. The highest BCUT2D eigenvalue weighted by molar-refractivity contribution is 5.75. The van der Waals surface area contributed by atoms with Gasteiger partial charge in [-0.15, -0.1) is 0 Å². The number of nitrogens with zero attached hydrogens (tertiary/aromatic N) is 3. The van der Waals surface area contributed by atoms with Crippen molar-refractivity contribution in [3.8, 4) is 11.4 Å². The summed E-state index contributed by atoms with van der Waals surface area (Å²) < 4.78 is 18.2. The lowest BCUT2D eigenvalue weighted by molar-refractivity contribution is 0.153. The molecule has 2 heterocycles. The van der Waals surface area contributed by atoms with Crippen molar-refractivity contribution in [2.75, 3.05) is 6.54 Å². The zero-order valence-corrected chi connectivity index (χ0v) is 13.8. The Kier molecular flexibility index (Phi) is 4.78. The predicted octanol–water partition coefficient (Wildman–Crippen LogP) is 3.52. The van der Waals surface area contributed by atoms with Gasteiger partial charge in [0.05, 0.1) is 0 Å². The summed E-state index contributed by atoms with van der Waals surface area (Å²) in [6.45, 7) is 4.63. The zero-order chi connectivity index (χ0) is 17.1. The van der Waals surface area contributed by atoms with Crippen molar-refractivity contribution in [3.63, 3.8) is 0 Å². The molecule has 7 heteroatoms. The molecule has 128 valence electrons. The van der Waals surface area contributed by atoms with Crippen molar-refractivity contribution in [2.45, 2.75) is 45.2 Å². The average Bonchev–Trinajstić information content (AvgIpc) is 3.06. The Morgan fingerprint density at radius 1 is 1.38 bits per heavy atom. The molecule has 1 aromatic heterocycles. The summed E-state index contributed by atoms with van der Waals surface area (Å²) >= 11 is 0. The molecule has 1 N–H and O–H groups in total. The van der Waals surface area contributed by atoms with E-state index in [-0.39, 0.29) is 17.9 Å². The first-order valence-corrected chi connectivity index (χ1v) is 8.21. The predicted molar refractivity (Wildman–Crippen MR) is 86.7 cm³/mol.